The number of oxazole rings is 1. The number of carbonyl (C=O) groups is 1. The molecule has 0 bridgehead atoms. The van der Waals surface area contributed by atoms with Gasteiger partial charge in [-0.2, -0.15) is 0 Å². The summed E-state index contributed by atoms with van der Waals surface area (Å²) in [5.41, 5.74) is 0.704. The Hall–Kier alpha value is -1.89. The van der Waals surface area contributed by atoms with Gasteiger partial charge in [-0.3, -0.25) is 9.59 Å². The van der Waals surface area contributed by atoms with Crippen LogP contribution in [0.4, 0.5) is 0 Å². The molecule has 0 aliphatic carbocycles. The normalized spacial score (nSPS) is 10.6. The highest BCUT2D eigenvalue weighted by Crippen LogP contribution is 2.13. The number of amides is 1. The van der Waals surface area contributed by atoms with Crippen LogP contribution in [0.25, 0.3) is 0 Å². The summed E-state index contributed by atoms with van der Waals surface area (Å²) in [6.07, 6.45) is 3.77. The van der Waals surface area contributed by atoms with Crippen LogP contribution in [0.1, 0.15) is 28.9 Å². The minimum absolute atomic E-state index is 0.243. The van der Waals surface area contributed by atoms with E-state index in [-0.39, 0.29) is 18.0 Å². The van der Waals surface area contributed by atoms with Gasteiger partial charge in [0.15, 0.2) is 5.89 Å². The van der Waals surface area contributed by atoms with E-state index in [2.05, 4.69) is 26.2 Å². The number of rotatable bonds is 4. The highest BCUT2D eigenvalue weighted by Gasteiger charge is 2.12. The molecular formula is C13H14BrN3O3. The molecule has 0 saturated carbocycles. The number of halogens is 1. The first-order chi connectivity index (χ1) is 9.51. The van der Waals surface area contributed by atoms with Crippen LogP contribution in [0.5, 0.6) is 0 Å². The third-order valence-electron chi connectivity index (χ3n) is 2.76. The van der Waals surface area contributed by atoms with Crippen molar-refractivity contribution in [3.05, 3.63) is 50.5 Å². The van der Waals surface area contributed by atoms with Crippen LogP contribution in [0.15, 0.2) is 32.2 Å². The SMILES string of the molecule is CCc1nc(CNC(=O)c2cc(=O)n(C)cc2Br)co1. The van der Waals surface area contributed by atoms with E-state index >= 15 is 0 Å². The molecule has 0 radical (unpaired) electrons. The molecule has 7 heteroatoms. The largest absolute Gasteiger partial charge is 0.449 e. The fourth-order valence-corrected chi connectivity index (χ4v) is 2.23. The number of hydrogen-bond acceptors (Lipinski definition) is 4. The molecule has 2 aromatic rings. The van der Waals surface area contributed by atoms with Gasteiger partial charge in [-0.25, -0.2) is 4.98 Å². The second-order valence-corrected chi connectivity index (χ2v) is 5.11. The molecule has 20 heavy (non-hydrogen) atoms. The average Bonchev–Trinajstić information content (AvgIpc) is 2.88. The number of nitrogens with one attached hydrogen (secondary N) is 1. The molecule has 0 aliphatic rings. The van der Waals surface area contributed by atoms with Crippen LogP contribution in [0, 0.1) is 0 Å². The topological polar surface area (TPSA) is 77.1 Å². The molecule has 2 rings (SSSR count). The van der Waals surface area contributed by atoms with Gasteiger partial charge in [0, 0.05) is 30.2 Å². The summed E-state index contributed by atoms with van der Waals surface area (Å²) in [5, 5.41) is 2.70. The Bertz CT molecular complexity index is 690. The van der Waals surface area contributed by atoms with Gasteiger partial charge in [0.25, 0.3) is 11.5 Å². The highest BCUT2D eigenvalue weighted by atomic mass is 79.9. The monoisotopic (exact) mass is 339 g/mol. The molecule has 1 amide bonds. The van der Waals surface area contributed by atoms with Crippen molar-refractivity contribution >= 4 is 21.8 Å². The molecular weight excluding hydrogens is 326 g/mol. The zero-order valence-corrected chi connectivity index (χ0v) is 12.7. The van der Waals surface area contributed by atoms with Crippen LogP contribution in [0.2, 0.25) is 0 Å². The Kier molecular flexibility index (Phi) is 4.39. The highest BCUT2D eigenvalue weighted by molar-refractivity contribution is 9.10. The van der Waals surface area contributed by atoms with E-state index in [9.17, 15) is 9.59 Å². The van der Waals surface area contributed by atoms with Crippen LogP contribution in [0.3, 0.4) is 0 Å². The predicted octanol–water partition coefficient (Wildman–Crippen LogP) is 1.63. The molecule has 6 nitrogen and oxygen atoms in total. The summed E-state index contributed by atoms with van der Waals surface area (Å²) in [5.74, 6) is 0.291. The quantitative estimate of drug-likeness (QED) is 0.918. The lowest BCUT2D eigenvalue weighted by atomic mass is 10.2. The number of aryl methyl sites for hydroxylation is 2. The van der Waals surface area contributed by atoms with E-state index in [1.165, 1.54) is 16.9 Å². The summed E-state index contributed by atoms with van der Waals surface area (Å²) in [6, 6.07) is 1.29. The maximum Gasteiger partial charge on any atom is 0.253 e. The number of carbonyl (C=O) groups excluding carboxylic acids is 1. The second kappa shape index (κ2) is 6.04. The van der Waals surface area contributed by atoms with Gasteiger partial charge in [-0.15, -0.1) is 0 Å². The summed E-state index contributed by atoms with van der Waals surface area (Å²) in [7, 11) is 1.62. The minimum Gasteiger partial charge on any atom is -0.449 e. The Morgan fingerprint density at radius 3 is 2.95 bits per heavy atom. The molecule has 0 aromatic carbocycles. The molecule has 106 valence electrons. The fourth-order valence-electron chi connectivity index (χ4n) is 1.63. The Balaban J connectivity index is 2.09. The van der Waals surface area contributed by atoms with Crippen LogP contribution >= 0.6 is 15.9 Å². The maximum atomic E-state index is 12.0. The summed E-state index contributed by atoms with van der Waals surface area (Å²) in [6.45, 7) is 2.19. The Morgan fingerprint density at radius 1 is 1.55 bits per heavy atom. The molecule has 0 aliphatic heterocycles. The summed E-state index contributed by atoms with van der Waals surface area (Å²) >= 11 is 3.27. The van der Waals surface area contributed by atoms with E-state index in [4.69, 9.17) is 4.42 Å². The molecule has 0 saturated heterocycles. The number of nitrogens with zero attached hydrogens (tertiary/aromatic N) is 2. The fraction of sp³-hybridized carbons (Fsp3) is 0.308. The van der Waals surface area contributed by atoms with Gasteiger partial charge >= 0.3 is 0 Å². The van der Waals surface area contributed by atoms with E-state index in [1.54, 1.807) is 13.2 Å². The van der Waals surface area contributed by atoms with Crippen molar-refractivity contribution in [3.8, 4) is 0 Å². The number of aromatic nitrogens is 2. The standard InChI is InChI=1S/C13H14BrN3O3/c1-3-11-16-8(7-20-11)5-15-13(19)9-4-12(18)17(2)6-10(9)14/h4,6-7H,3,5H2,1-2H3,(H,15,19). The molecule has 2 aromatic heterocycles. The van der Waals surface area contributed by atoms with Crippen LogP contribution in [-0.4, -0.2) is 15.5 Å². The van der Waals surface area contributed by atoms with Gasteiger partial charge in [-0.1, -0.05) is 6.92 Å². The minimum atomic E-state index is -0.337. The molecule has 2 heterocycles. The third-order valence-corrected chi connectivity index (χ3v) is 3.39. The van der Waals surface area contributed by atoms with E-state index in [0.717, 1.165) is 0 Å². The lowest BCUT2D eigenvalue weighted by Crippen LogP contribution is -2.26. The zero-order valence-electron chi connectivity index (χ0n) is 11.1. The van der Waals surface area contributed by atoms with Crippen molar-refractivity contribution < 1.29 is 9.21 Å². The van der Waals surface area contributed by atoms with Crippen LogP contribution < -0.4 is 10.9 Å². The summed E-state index contributed by atoms with van der Waals surface area (Å²) in [4.78, 5) is 27.8. The predicted molar refractivity (Wildman–Crippen MR) is 76.4 cm³/mol. The third kappa shape index (κ3) is 3.16. The Morgan fingerprint density at radius 2 is 2.30 bits per heavy atom. The van der Waals surface area contributed by atoms with E-state index in [1.807, 2.05) is 6.92 Å². The molecule has 0 unspecified atom stereocenters. The zero-order chi connectivity index (χ0) is 14.7. The van der Waals surface area contributed by atoms with Gasteiger partial charge in [0.1, 0.15) is 6.26 Å². The lowest BCUT2D eigenvalue weighted by Gasteiger charge is -2.06. The number of hydrogen-bond donors (Lipinski definition) is 1. The first kappa shape index (κ1) is 14.5. The van der Waals surface area contributed by atoms with Crippen molar-refractivity contribution in [1.29, 1.82) is 0 Å². The van der Waals surface area contributed by atoms with Crippen molar-refractivity contribution in [2.24, 2.45) is 7.05 Å². The van der Waals surface area contributed by atoms with Gasteiger partial charge in [-0.05, 0) is 15.9 Å². The molecule has 0 atom stereocenters. The molecule has 1 N–H and O–H groups in total. The van der Waals surface area contributed by atoms with Gasteiger partial charge in [0.05, 0.1) is 17.8 Å². The number of pyridine rings is 1. The summed E-state index contributed by atoms with van der Waals surface area (Å²) < 4.78 is 7.14. The van der Waals surface area contributed by atoms with Crippen molar-refractivity contribution in [1.82, 2.24) is 14.9 Å². The second-order valence-electron chi connectivity index (χ2n) is 4.25. The molecule has 0 fully saturated rings. The first-order valence-corrected chi connectivity index (χ1v) is 6.88. The van der Waals surface area contributed by atoms with Crippen molar-refractivity contribution in [2.45, 2.75) is 19.9 Å². The maximum absolute atomic E-state index is 12.0. The van der Waals surface area contributed by atoms with Gasteiger partial charge in [0.2, 0.25) is 0 Å². The lowest BCUT2D eigenvalue weighted by molar-refractivity contribution is 0.0949. The van der Waals surface area contributed by atoms with E-state index < -0.39 is 0 Å². The van der Waals surface area contributed by atoms with Crippen molar-refractivity contribution in [2.75, 3.05) is 0 Å². The Labute approximate surface area is 123 Å². The van der Waals surface area contributed by atoms with Crippen molar-refractivity contribution in [3.63, 3.8) is 0 Å². The average molecular weight is 340 g/mol. The smallest absolute Gasteiger partial charge is 0.253 e. The van der Waals surface area contributed by atoms with Gasteiger partial charge < -0.3 is 14.3 Å². The molecule has 0 spiro atoms. The van der Waals surface area contributed by atoms with Crippen LogP contribution in [-0.2, 0) is 20.0 Å². The van der Waals surface area contributed by atoms with E-state index in [0.29, 0.717) is 28.0 Å². The first-order valence-electron chi connectivity index (χ1n) is 6.09.